The van der Waals surface area contributed by atoms with Crippen LogP contribution in [0.5, 0.6) is 11.5 Å². The number of nitrogens with zero attached hydrogens (tertiary/aromatic N) is 1. The maximum Gasteiger partial charge on any atom is 0.411 e. The van der Waals surface area contributed by atoms with Gasteiger partial charge in [-0.1, -0.05) is 56.0 Å². The lowest BCUT2D eigenvalue weighted by atomic mass is 9.84. The van der Waals surface area contributed by atoms with E-state index in [4.69, 9.17) is 21.1 Å². The molecule has 0 radical (unpaired) electrons. The number of halogens is 2. The number of para-hydroxylation sites is 1. The van der Waals surface area contributed by atoms with Crippen LogP contribution in [-0.2, 0) is 4.74 Å². The zero-order valence-corrected chi connectivity index (χ0v) is 21.7. The van der Waals surface area contributed by atoms with Crippen LogP contribution in [-0.4, -0.2) is 44.0 Å². The molecule has 1 amide bonds. The number of carbonyl (C=O) groups is 1. The Labute approximate surface area is 213 Å². The molecule has 0 aliphatic carbocycles. The molecular weight excluding hydrogens is 539 g/mol. The van der Waals surface area contributed by atoms with Crippen LogP contribution in [0.3, 0.4) is 0 Å². The third-order valence-corrected chi connectivity index (χ3v) is 6.71. The Hall–Kier alpha value is -1.51. The van der Waals surface area contributed by atoms with E-state index in [-0.39, 0.29) is 41.9 Å². The number of fused-ring (bicyclic) bond motifs is 5. The van der Waals surface area contributed by atoms with Crippen molar-refractivity contribution in [3.8, 4) is 11.5 Å². The van der Waals surface area contributed by atoms with Crippen molar-refractivity contribution in [1.29, 1.82) is 0 Å². The van der Waals surface area contributed by atoms with Gasteiger partial charge in [-0.25, -0.2) is 4.79 Å². The zero-order valence-electron chi connectivity index (χ0n) is 18.8. The summed E-state index contributed by atoms with van der Waals surface area (Å²) in [6.07, 6.45) is 4.19. The molecule has 2 aromatic carbocycles. The Morgan fingerprint density at radius 2 is 1.81 bits per heavy atom. The van der Waals surface area contributed by atoms with Gasteiger partial charge in [-0.3, -0.25) is 4.48 Å². The third kappa shape index (κ3) is 5.69. The standard InChI is InChI=1S/C25H31ClN2O3.HI/c1-3-4-5-8-13-27-25(29)30-17-28(2)15-21-19-9-6-7-10-23(19)31-24-12-11-18(26)14-20(24)22(21)16-28;/h6-7,9-12,14,21-22H,3-5,8,13,15-17H2,1-2H3;1H. The van der Waals surface area contributed by atoms with Crippen LogP contribution >= 0.6 is 11.6 Å². The van der Waals surface area contributed by atoms with Crippen molar-refractivity contribution in [2.75, 3.05) is 33.4 Å². The molecule has 2 heterocycles. The number of nitrogens with one attached hydrogen (secondary N) is 1. The molecule has 1 N–H and O–H groups in total. The zero-order chi connectivity index (χ0) is 21.8. The summed E-state index contributed by atoms with van der Waals surface area (Å²) >= 11 is 6.35. The van der Waals surface area contributed by atoms with Crippen molar-refractivity contribution in [2.45, 2.75) is 44.4 Å². The number of likely N-dealkylation sites (tertiary alicyclic amines) is 1. The lowest BCUT2D eigenvalue weighted by Crippen LogP contribution is -3.00. The molecule has 3 unspecified atom stereocenters. The van der Waals surface area contributed by atoms with Gasteiger partial charge in [0.25, 0.3) is 0 Å². The van der Waals surface area contributed by atoms with Gasteiger partial charge in [0.15, 0.2) is 0 Å². The summed E-state index contributed by atoms with van der Waals surface area (Å²) in [5, 5.41) is 3.60. The van der Waals surface area contributed by atoms with Crippen LogP contribution < -0.4 is 34.0 Å². The van der Waals surface area contributed by atoms with Crippen molar-refractivity contribution < 1.29 is 42.7 Å². The highest BCUT2D eigenvalue weighted by Crippen LogP contribution is 2.51. The van der Waals surface area contributed by atoms with Crippen LogP contribution in [0.25, 0.3) is 0 Å². The number of unbranched alkanes of at least 4 members (excludes halogenated alkanes) is 3. The Morgan fingerprint density at radius 1 is 1.09 bits per heavy atom. The van der Waals surface area contributed by atoms with Gasteiger partial charge in [0.2, 0.25) is 6.73 Å². The average molecular weight is 571 g/mol. The van der Waals surface area contributed by atoms with E-state index in [9.17, 15) is 4.79 Å². The largest absolute Gasteiger partial charge is 1.00 e. The van der Waals surface area contributed by atoms with Gasteiger partial charge in [0.1, 0.15) is 11.5 Å². The summed E-state index contributed by atoms with van der Waals surface area (Å²) in [5.74, 6) is 2.30. The normalized spacial score (nSPS) is 23.0. The SMILES string of the molecule is CCCCCCNC(=O)OC[N+]1(C)CC2c3ccccc3Oc3ccc(Cl)cc3C2C1.[I-]. The predicted octanol–water partition coefficient (Wildman–Crippen LogP) is 3.04. The monoisotopic (exact) mass is 570 g/mol. The highest BCUT2D eigenvalue weighted by atomic mass is 127. The molecular formula is C25H32ClIN2O3. The number of quaternary nitrogens is 1. The van der Waals surface area contributed by atoms with Gasteiger partial charge < -0.3 is 38.8 Å². The minimum absolute atomic E-state index is 0. The van der Waals surface area contributed by atoms with Gasteiger partial charge in [0, 0.05) is 34.5 Å². The van der Waals surface area contributed by atoms with Crippen LogP contribution in [0, 0.1) is 0 Å². The lowest BCUT2D eigenvalue weighted by molar-refractivity contribution is -0.915. The molecule has 4 rings (SSSR count). The number of hydrogen-bond acceptors (Lipinski definition) is 3. The molecule has 0 spiro atoms. The summed E-state index contributed by atoms with van der Waals surface area (Å²) in [6.45, 7) is 4.94. The number of amides is 1. The van der Waals surface area contributed by atoms with Crippen LogP contribution in [0.1, 0.15) is 55.6 Å². The molecule has 2 aromatic rings. The summed E-state index contributed by atoms with van der Waals surface area (Å²) in [7, 11) is 2.16. The van der Waals surface area contributed by atoms with Crippen molar-refractivity contribution in [2.24, 2.45) is 0 Å². The first kappa shape index (κ1) is 25.1. The van der Waals surface area contributed by atoms with E-state index in [1.807, 2.05) is 30.3 Å². The molecule has 2 aliphatic rings. The first-order valence-corrected chi connectivity index (χ1v) is 11.7. The van der Waals surface area contributed by atoms with E-state index in [1.165, 1.54) is 18.4 Å². The van der Waals surface area contributed by atoms with Crippen molar-refractivity contribution in [3.05, 3.63) is 58.6 Å². The Kier molecular flexibility index (Phi) is 8.69. The minimum atomic E-state index is -0.324. The molecule has 1 saturated heterocycles. The molecule has 7 heteroatoms. The summed E-state index contributed by atoms with van der Waals surface area (Å²) in [5.41, 5.74) is 2.35. The van der Waals surface area contributed by atoms with Gasteiger partial charge >= 0.3 is 6.09 Å². The maximum absolute atomic E-state index is 12.2. The van der Waals surface area contributed by atoms with Crippen LogP contribution in [0.4, 0.5) is 4.79 Å². The van der Waals surface area contributed by atoms with Gasteiger partial charge in [0.05, 0.1) is 20.1 Å². The van der Waals surface area contributed by atoms with E-state index in [0.29, 0.717) is 22.8 Å². The molecule has 0 bridgehead atoms. The summed E-state index contributed by atoms with van der Waals surface area (Å²) in [4.78, 5) is 12.2. The number of rotatable bonds is 7. The number of ether oxygens (including phenoxy) is 2. The maximum atomic E-state index is 12.2. The van der Waals surface area contributed by atoms with Gasteiger partial charge in [-0.05, 0) is 30.7 Å². The Bertz CT molecular complexity index is 941. The predicted molar refractivity (Wildman–Crippen MR) is 123 cm³/mol. The number of benzene rings is 2. The molecule has 3 atom stereocenters. The smallest absolute Gasteiger partial charge is 0.411 e. The molecule has 0 aromatic heterocycles. The summed E-state index contributed by atoms with van der Waals surface area (Å²) < 4.78 is 12.6. The van der Waals surface area contributed by atoms with Crippen LogP contribution in [0.15, 0.2) is 42.5 Å². The highest BCUT2D eigenvalue weighted by molar-refractivity contribution is 6.30. The number of carbonyl (C=O) groups excluding carboxylic acids is 1. The Morgan fingerprint density at radius 3 is 2.59 bits per heavy atom. The Balaban J connectivity index is 0.00000289. The van der Waals surface area contributed by atoms with Crippen molar-refractivity contribution >= 4 is 17.7 Å². The second kappa shape index (κ2) is 11.1. The highest BCUT2D eigenvalue weighted by Gasteiger charge is 2.48. The third-order valence-electron chi connectivity index (χ3n) is 6.48. The van der Waals surface area contributed by atoms with E-state index < -0.39 is 0 Å². The van der Waals surface area contributed by atoms with Crippen molar-refractivity contribution in [1.82, 2.24) is 5.32 Å². The molecule has 1 fully saturated rings. The summed E-state index contributed by atoms with van der Waals surface area (Å²) in [6, 6.07) is 14.1. The van der Waals surface area contributed by atoms with Crippen molar-refractivity contribution in [3.63, 3.8) is 0 Å². The number of alkyl carbamates (subject to hydrolysis) is 1. The van der Waals surface area contributed by atoms with Gasteiger partial charge in [-0.15, -0.1) is 0 Å². The van der Waals surface area contributed by atoms with E-state index in [0.717, 1.165) is 43.0 Å². The molecule has 2 aliphatic heterocycles. The number of likely N-dealkylation sites (N-methyl/N-ethyl adjacent to an activating group) is 1. The quantitative estimate of drug-likeness (QED) is 0.316. The fraction of sp³-hybridized carbons (Fsp3) is 0.480. The first-order chi connectivity index (χ1) is 15.0. The van der Waals surface area contributed by atoms with E-state index in [2.05, 4.69) is 31.4 Å². The lowest BCUT2D eigenvalue weighted by Gasteiger charge is -2.29. The molecule has 174 valence electrons. The molecule has 0 saturated carbocycles. The van der Waals surface area contributed by atoms with E-state index >= 15 is 0 Å². The fourth-order valence-corrected chi connectivity index (χ4v) is 5.10. The first-order valence-electron chi connectivity index (χ1n) is 11.3. The number of hydrogen-bond donors (Lipinski definition) is 1. The van der Waals surface area contributed by atoms with Gasteiger partial charge in [-0.2, -0.15) is 0 Å². The van der Waals surface area contributed by atoms with Crippen LogP contribution in [0.2, 0.25) is 5.02 Å². The minimum Gasteiger partial charge on any atom is -1.00 e. The second-order valence-corrected chi connectivity index (χ2v) is 9.50. The molecule has 32 heavy (non-hydrogen) atoms. The van der Waals surface area contributed by atoms with E-state index in [1.54, 1.807) is 0 Å². The average Bonchev–Trinajstić information content (AvgIpc) is 3.06. The second-order valence-electron chi connectivity index (χ2n) is 9.07. The molecule has 5 nitrogen and oxygen atoms in total. The fourth-order valence-electron chi connectivity index (χ4n) is 4.92. The topological polar surface area (TPSA) is 47.6 Å².